The third kappa shape index (κ3) is 5.54. The van der Waals surface area contributed by atoms with Crippen LogP contribution in [0.25, 0.3) is 0 Å². The fraction of sp³-hybridized carbons (Fsp3) is 0.600. The Hall–Kier alpha value is -0.870. The highest BCUT2D eigenvalue weighted by atomic mass is 35.5. The minimum Gasteiger partial charge on any atom is -0.379 e. The van der Waals surface area contributed by atoms with Crippen LogP contribution in [0.1, 0.15) is 20.3 Å². The van der Waals surface area contributed by atoms with Crippen LogP contribution in [0.5, 0.6) is 0 Å². The van der Waals surface area contributed by atoms with Crippen LogP contribution in [0.3, 0.4) is 0 Å². The first kappa shape index (κ1) is 12.2. The monoisotopic (exact) mass is 229 g/mol. The number of nitrogens with zero attached hydrogens (tertiary/aromatic N) is 2. The van der Waals surface area contributed by atoms with E-state index in [-0.39, 0.29) is 0 Å². The molecule has 0 aliphatic rings. The van der Waals surface area contributed by atoms with Gasteiger partial charge in [-0.25, -0.2) is 0 Å². The summed E-state index contributed by atoms with van der Waals surface area (Å²) >= 11 is 5.61. The highest BCUT2D eigenvalue weighted by Crippen LogP contribution is 2.05. The van der Waals surface area contributed by atoms with Crippen LogP contribution in [-0.4, -0.2) is 29.5 Å². The van der Waals surface area contributed by atoms with Gasteiger partial charge < -0.3 is 10.1 Å². The molecule has 1 aromatic heterocycles. The van der Waals surface area contributed by atoms with Crippen molar-refractivity contribution in [3.05, 3.63) is 17.3 Å². The summed E-state index contributed by atoms with van der Waals surface area (Å²) in [6.07, 6.45) is 1.24. The molecule has 15 heavy (non-hydrogen) atoms. The molecule has 0 fully saturated rings. The molecule has 0 saturated heterocycles. The van der Waals surface area contributed by atoms with Crippen LogP contribution in [0, 0.1) is 0 Å². The Morgan fingerprint density at radius 1 is 1.40 bits per heavy atom. The number of rotatable bonds is 6. The molecule has 0 aromatic carbocycles. The predicted molar refractivity (Wildman–Crippen MR) is 61.2 cm³/mol. The van der Waals surface area contributed by atoms with Gasteiger partial charge in [0, 0.05) is 13.2 Å². The van der Waals surface area contributed by atoms with Gasteiger partial charge in [0.05, 0.1) is 6.10 Å². The summed E-state index contributed by atoms with van der Waals surface area (Å²) < 4.78 is 5.40. The maximum Gasteiger partial charge on any atom is 0.151 e. The zero-order chi connectivity index (χ0) is 11.1. The van der Waals surface area contributed by atoms with Gasteiger partial charge in [-0.1, -0.05) is 11.6 Å². The van der Waals surface area contributed by atoms with Crippen molar-refractivity contribution < 1.29 is 4.74 Å². The summed E-state index contributed by atoms with van der Waals surface area (Å²) in [5.74, 6) is 0.740. The van der Waals surface area contributed by atoms with Gasteiger partial charge in [-0.15, -0.1) is 10.2 Å². The average Bonchev–Trinajstić information content (AvgIpc) is 2.20. The second-order valence-corrected chi connectivity index (χ2v) is 3.83. The molecule has 1 heterocycles. The van der Waals surface area contributed by atoms with Crippen molar-refractivity contribution in [2.45, 2.75) is 26.4 Å². The first-order valence-corrected chi connectivity index (χ1v) is 5.41. The van der Waals surface area contributed by atoms with Crippen LogP contribution in [0.15, 0.2) is 12.1 Å². The second-order valence-electron chi connectivity index (χ2n) is 3.44. The van der Waals surface area contributed by atoms with Gasteiger partial charge in [-0.3, -0.25) is 0 Å². The average molecular weight is 230 g/mol. The first-order valence-electron chi connectivity index (χ1n) is 5.03. The van der Waals surface area contributed by atoms with Gasteiger partial charge in [-0.2, -0.15) is 0 Å². The standard InChI is InChI=1S/C10H16ClN3O/c1-8(2)15-7-3-6-12-10-5-4-9(11)13-14-10/h4-5,8H,3,6-7H2,1-2H3,(H,12,14). The summed E-state index contributed by atoms with van der Waals surface area (Å²) in [5.41, 5.74) is 0. The van der Waals surface area contributed by atoms with Gasteiger partial charge in [0.2, 0.25) is 0 Å². The number of hydrogen-bond donors (Lipinski definition) is 1. The largest absolute Gasteiger partial charge is 0.379 e. The molecule has 0 amide bonds. The lowest BCUT2D eigenvalue weighted by atomic mass is 10.4. The van der Waals surface area contributed by atoms with Gasteiger partial charge in [0.25, 0.3) is 0 Å². The van der Waals surface area contributed by atoms with E-state index < -0.39 is 0 Å². The second kappa shape index (κ2) is 6.58. The molecule has 0 spiro atoms. The number of nitrogens with one attached hydrogen (secondary N) is 1. The van der Waals surface area contributed by atoms with Crippen LogP contribution in [-0.2, 0) is 4.74 Å². The van der Waals surface area contributed by atoms with Crippen LogP contribution in [0.4, 0.5) is 5.82 Å². The van der Waals surface area contributed by atoms with Crippen molar-refractivity contribution >= 4 is 17.4 Å². The van der Waals surface area contributed by atoms with Gasteiger partial charge in [0.1, 0.15) is 5.82 Å². The lowest BCUT2D eigenvalue weighted by molar-refractivity contribution is 0.0787. The van der Waals surface area contributed by atoms with E-state index in [0.717, 1.165) is 25.4 Å². The van der Waals surface area contributed by atoms with Crippen molar-refractivity contribution in [3.63, 3.8) is 0 Å². The lowest BCUT2D eigenvalue weighted by Crippen LogP contribution is -2.10. The predicted octanol–water partition coefficient (Wildman–Crippen LogP) is 2.36. The molecule has 0 saturated carbocycles. The molecule has 0 unspecified atom stereocenters. The Morgan fingerprint density at radius 3 is 2.80 bits per heavy atom. The van der Waals surface area contributed by atoms with Crippen molar-refractivity contribution in [2.24, 2.45) is 0 Å². The van der Waals surface area contributed by atoms with Crippen molar-refractivity contribution in [1.82, 2.24) is 10.2 Å². The molecule has 0 bridgehead atoms. The molecular formula is C10H16ClN3O. The Balaban J connectivity index is 2.12. The minimum atomic E-state index is 0.292. The van der Waals surface area contributed by atoms with E-state index in [9.17, 15) is 0 Å². The van der Waals surface area contributed by atoms with Crippen LogP contribution < -0.4 is 5.32 Å². The van der Waals surface area contributed by atoms with Crippen molar-refractivity contribution in [1.29, 1.82) is 0 Å². The number of hydrogen-bond acceptors (Lipinski definition) is 4. The summed E-state index contributed by atoms with van der Waals surface area (Å²) in [6, 6.07) is 3.51. The van der Waals surface area contributed by atoms with E-state index in [1.165, 1.54) is 0 Å². The number of anilines is 1. The van der Waals surface area contributed by atoms with Crippen molar-refractivity contribution in [3.8, 4) is 0 Å². The third-order valence-corrected chi connectivity index (χ3v) is 1.91. The molecule has 4 nitrogen and oxygen atoms in total. The minimum absolute atomic E-state index is 0.292. The van der Waals surface area contributed by atoms with E-state index in [0.29, 0.717) is 11.3 Å². The fourth-order valence-corrected chi connectivity index (χ4v) is 1.12. The number of ether oxygens (including phenoxy) is 1. The van der Waals surface area contributed by atoms with E-state index in [4.69, 9.17) is 16.3 Å². The Kier molecular flexibility index (Phi) is 5.36. The third-order valence-electron chi connectivity index (χ3n) is 1.71. The molecule has 0 aliphatic heterocycles. The Morgan fingerprint density at radius 2 is 2.20 bits per heavy atom. The number of halogens is 1. The molecule has 0 radical (unpaired) electrons. The SMILES string of the molecule is CC(C)OCCCNc1ccc(Cl)nn1. The van der Waals surface area contributed by atoms with Crippen molar-refractivity contribution in [2.75, 3.05) is 18.5 Å². The van der Waals surface area contributed by atoms with Gasteiger partial charge in [-0.05, 0) is 32.4 Å². The molecule has 1 aromatic rings. The molecule has 84 valence electrons. The maximum atomic E-state index is 5.61. The fourth-order valence-electron chi connectivity index (χ4n) is 1.02. The van der Waals surface area contributed by atoms with E-state index in [2.05, 4.69) is 15.5 Å². The summed E-state index contributed by atoms with van der Waals surface area (Å²) in [7, 11) is 0. The normalized spacial score (nSPS) is 10.7. The zero-order valence-electron chi connectivity index (χ0n) is 9.03. The highest BCUT2D eigenvalue weighted by molar-refractivity contribution is 6.29. The lowest BCUT2D eigenvalue weighted by Gasteiger charge is -2.07. The number of aromatic nitrogens is 2. The smallest absolute Gasteiger partial charge is 0.151 e. The van der Waals surface area contributed by atoms with Gasteiger partial charge in [0.15, 0.2) is 5.15 Å². The first-order chi connectivity index (χ1) is 7.18. The van der Waals surface area contributed by atoms with E-state index >= 15 is 0 Å². The van der Waals surface area contributed by atoms with E-state index in [1.807, 2.05) is 13.8 Å². The molecule has 5 heteroatoms. The van der Waals surface area contributed by atoms with Crippen LogP contribution in [0.2, 0.25) is 5.15 Å². The summed E-state index contributed by atoms with van der Waals surface area (Å²) in [5, 5.41) is 11.1. The Labute approximate surface area is 95.0 Å². The molecule has 0 atom stereocenters. The zero-order valence-corrected chi connectivity index (χ0v) is 9.79. The van der Waals surface area contributed by atoms with E-state index in [1.54, 1.807) is 12.1 Å². The molecule has 0 aliphatic carbocycles. The summed E-state index contributed by atoms with van der Waals surface area (Å²) in [6.45, 7) is 5.63. The molecule has 1 rings (SSSR count). The topological polar surface area (TPSA) is 47.0 Å². The van der Waals surface area contributed by atoms with Crippen LogP contribution >= 0.6 is 11.6 Å². The quantitative estimate of drug-likeness (QED) is 0.761. The highest BCUT2D eigenvalue weighted by Gasteiger charge is 1.96. The molecular weight excluding hydrogens is 214 g/mol. The van der Waals surface area contributed by atoms with Gasteiger partial charge >= 0.3 is 0 Å². The maximum absolute atomic E-state index is 5.61. The summed E-state index contributed by atoms with van der Waals surface area (Å²) in [4.78, 5) is 0. The molecule has 1 N–H and O–H groups in total. The Bertz CT molecular complexity index is 277.